The fourth-order valence-corrected chi connectivity index (χ4v) is 2.57. The molecule has 2 aromatic carbocycles. The summed E-state index contributed by atoms with van der Waals surface area (Å²) in [5, 5.41) is 7.45. The SMILES string of the molecule is CC(C)Oc1ccc(Nc2nccc(Nc3cc(Cl)ccc3Cl)n2)cc1. The van der Waals surface area contributed by atoms with Crippen molar-refractivity contribution in [3.63, 3.8) is 0 Å². The second kappa shape index (κ2) is 8.25. The van der Waals surface area contributed by atoms with Crippen molar-refractivity contribution in [2.24, 2.45) is 0 Å². The van der Waals surface area contributed by atoms with Gasteiger partial charge in [0, 0.05) is 16.9 Å². The first-order valence-corrected chi connectivity index (χ1v) is 8.84. The lowest BCUT2D eigenvalue weighted by atomic mass is 10.3. The lowest BCUT2D eigenvalue weighted by Crippen LogP contribution is -2.05. The van der Waals surface area contributed by atoms with Crippen molar-refractivity contribution in [1.82, 2.24) is 9.97 Å². The molecule has 1 aromatic heterocycles. The monoisotopic (exact) mass is 388 g/mol. The van der Waals surface area contributed by atoms with Crippen LogP contribution in [-0.2, 0) is 0 Å². The van der Waals surface area contributed by atoms with Gasteiger partial charge < -0.3 is 15.4 Å². The largest absolute Gasteiger partial charge is 0.491 e. The fourth-order valence-electron chi connectivity index (χ4n) is 2.24. The molecule has 0 atom stereocenters. The van der Waals surface area contributed by atoms with Crippen LogP contribution in [0.5, 0.6) is 5.75 Å². The van der Waals surface area contributed by atoms with E-state index in [2.05, 4.69) is 20.6 Å². The van der Waals surface area contributed by atoms with E-state index < -0.39 is 0 Å². The van der Waals surface area contributed by atoms with Crippen LogP contribution in [0, 0.1) is 0 Å². The normalized spacial score (nSPS) is 10.7. The van der Waals surface area contributed by atoms with Crippen LogP contribution >= 0.6 is 23.2 Å². The van der Waals surface area contributed by atoms with Crippen molar-refractivity contribution >= 4 is 46.3 Å². The van der Waals surface area contributed by atoms with Gasteiger partial charge in [0.05, 0.1) is 16.8 Å². The second-order valence-electron chi connectivity index (χ2n) is 5.83. The Kier molecular flexibility index (Phi) is 5.81. The van der Waals surface area contributed by atoms with E-state index in [1.54, 1.807) is 30.5 Å². The smallest absolute Gasteiger partial charge is 0.229 e. The highest BCUT2D eigenvalue weighted by atomic mass is 35.5. The molecule has 0 aliphatic rings. The molecule has 134 valence electrons. The van der Waals surface area contributed by atoms with Gasteiger partial charge in [-0.05, 0) is 62.4 Å². The van der Waals surface area contributed by atoms with Crippen LogP contribution in [-0.4, -0.2) is 16.1 Å². The van der Waals surface area contributed by atoms with Gasteiger partial charge in [-0.1, -0.05) is 23.2 Å². The zero-order valence-corrected chi connectivity index (χ0v) is 15.8. The zero-order valence-electron chi connectivity index (χ0n) is 14.3. The highest BCUT2D eigenvalue weighted by molar-refractivity contribution is 6.35. The van der Waals surface area contributed by atoms with Gasteiger partial charge in [-0.15, -0.1) is 0 Å². The third kappa shape index (κ3) is 5.00. The number of hydrogen-bond acceptors (Lipinski definition) is 5. The summed E-state index contributed by atoms with van der Waals surface area (Å²) >= 11 is 12.2. The van der Waals surface area contributed by atoms with Gasteiger partial charge >= 0.3 is 0 Å². The third-order valence-electron chi connectivity index (χ3n) is 3.33. The van der Waals surface area contributed by atoms with E-state index in [4.69, 9.17) is 27.9 Å². The maximum Gasteiger partial charge on any atom is 0.229 e. The molecule has 0 amide bonds. The van der Waals surface area contributed by atoms with Crippen molar-refractivity contribution in [2.45, 2.75) is 20.0 Å². The van der Waals surface area contributed by atoms with E-state index >= 15 is 0 Å². The first-order chi connectivity index (χ1) is 12.5. The van der Waals surface area contributed by atoms with Crippen LogP contribution in [0.2, 0.25) is 10.0 Å². The molecule has 0 fully saturated rings. The predicted molar refractivity (Wildman–Crippen MR) is 107 cm³/mol. The van der Waals surface area contributed by atoms with E-state index in [1.165, 1.54) is 0 Å². The van der Waals surface area contributed by atoms with Crippen LogP contribution < -0.4 is 15.4 Å². The first kappa shape index (κ1) is 18.3. The van der Waals surface area contributed by atoms with Gasteiger partial charge in [0.15, 0.2) is 0 Å². The molecule has 0 unspecified atom stereocenters. The molecule has 0 saturated carbocycles. The summed E-state index contributed by atoms with van der Waals surface area (Å²) in [6.07, 6.45) is 1.80. The van der Waals surface area contributed by atoms with E-state index in [0.717, 1.165) is 11.4 Å². The Labute approximate surface area is 162 Å². The average Bonchev–Trinajstić information content (AvgIpc) is 2.60. The number of nitrogens with zero attached hydrogens (tertiary/aromatic N) is 2. The number of rotatable bonds is 6. The lowest BCUT2D eigenvalue weighted by molar-refractivity contribution is 0.242. The Morgan fingerprint density at radius 3 is 2.46 bits per heavy atom. The summed E-state index contributed by atoms with van der Waals surface area (Å²) in [4.78, 5) is 8.67. The van der Waals surface area contributed by atoms with Gasteiger partial charge in [-0.2, -0.15) is 4.98 Å². The highest BCUT2D eigenvalue weighted by Gasteiger charge is 2.05. The van der Waals surface area contributed by atoms with Crippen LogP contribution in [0.3, 0.4) is 0 Å². The molecule has 1 heterocycles. The topological polar surface area (TPSA) is 59.1 Å². The minimum Gasteiger partial charge on any atom is -0.491 e. The van der Waals surface area contributed by atoms with Crippen molar-refractivity contribution in [1.29, 1.82) is 0 Å². The van der Waals surface area contributed by atoms with Gasteiger partial charge in [0.1, 0.15) is 11.6 Å². The van der Waals surface area contributed by atoms with Gasteiger partial charge in [-0.25, -0.2) is 4.98 Å². The Balaban J connectivity index is 1.72. The third-order valence-corrected chi connectivity index (χ3v) is 3.89. The quantitative estimate of drug-likeness (QED) is 0.537. The van der Waals surface area contributed by atoms with Crippen LogP contribution in [0.4, 0.5) is 23.1 Å². The molecule has 0 radical (unpaired) electrons. The molecule has 0 aliphatic carbocycles. The second-order valence-corrected chi connectivity index (χ2v) is 6.67. The molecular formula is C19H18Cl2N4O. The maximum atomic E-state index is 6.17. The zero-order chi connectivity index (χ0) is 18.5. The molecular weight excluding hydrogens is 371 g/mol. The molecule has 0 bridgehead atoms. The average molecular weight is 389 g/mol. The Morgan fingerprint density at radius 1 is 0.962 bits per heavy atom. The number of anilines is 4. The van der Waals surface area contributed by atoms with Gasteiger partial charge in [0.2, 0.25) is 5.95 Å². The van der Waals surface area contributed by atoms with Gasteiger partial charge in [-0.3, -0.25) is 0 Å². The van der Waals surface area contributed by atoms with Crippen molar-refractivity contribution in [3.8, 4) is 5.75 Å². The van der Waals surface area contributed by atoms with Crippen LogP contribution in [0.25, 0.3) is 0 Å². The number of aromatic nitrogens is 2. The fraction of sp³-hybridized carbons (Fsp3) is 0.158. The molecule has 7 heteroatoms. The standard InChI is InChI=1S/C19H18Cl2N4O/c1-12(2)26-15-6-4-14(5-7-15)23-19-22-10-9-18(25-19)24-17-11-13(20)3-8-16(17)21/h3-12H,1-2H3,(H2,22,23,24,25). The highest BCUT2D eigenvalue weighted by Crippen LogP contribution is 2.28. The summed E-state index contributed by atoms with van der Waals surface area (Å²) in [5.74, 6) is 1.88. The molecule has 0 aliphatic heterocycles. The maximum absolute atomic E-state index is 6.17. The van der Waals surface area contributed by atoms with E-state index in [9.17, 15) is 0 Å². The van der Waals surface area contributed by atoms with Gasteiger partial charge in [0.25, 0.3) is 0 Å². The molecule has 5 nitrogen and oxygen atoms in total. The Morgan fingerprint density at radius 2 is 1.73 bits per heavy atom. The molecule has 26 heavy (non-hydrogen) atoms. The minimum atomic E-state index is 0.137. The lowest BCUT2D eigenvalue weighted by Gasteiger charge is -2.11. The van der Waals surface area contributed by atoms with Crippen molar-refractivity contribution < 1.29 is 4.74 Å². The number of benzene rings is 2. The summed E-state index contributed by atoms with van der Waals surface area (Å²) in [6, 6.07) is 14.6. The summed E-state index contributed by atoms with van der Waals surface area (Å²) < 4.78 is 5.63. The van der Waals surface area contributed by atoms with E-state index in [0.29, 0.717) is 27.5 Å². The molecule has 2 N–H and O–H groups in total. The van der Waals surface area contributed by atoms with Crippen molar-refractivity contribution in [3.05, 3.63) is 64.8 Å². The van der Waals surface area contributed by atoms with Crippen LogP contribution in [0.15, 0.2) is 54.7 Å². The Hall–Kier alpha value is -2.50. The Bertz CT molecular complexity index is 885. The van der Waals surface area contributed by atoms with E-state index in [-0.39, 0.29) is 6.10 Å². The number of halogens is 2. The minimum absolute atomic E-state index is 0.137. The number of nitrogens with one attached hydrogen (secondary N) is 2. The predicted octanol–water partition coefficient (Wildman–Crippen LogP) is 6.06. The number of ether oxygens (including phenoxy) is 1. The molecule has 3 rings (SSSR count). The first-order valence-electron chi connectivity index (χ1n) is 8.08. The molecule has 0 spiro atoms. The van der Waals surface area contributed by atoms with Crippen molar-refractivity contribution in [2.75, 3.05) is 10.6 Å². The van der Waals surface area contributed by atoms with Crippen LogP contribution in [0.1, 0.15) is 13.8 Å². The molecule has 3 aromatic rings. The van der Waals surface area contributed by atoms with E-state index in [1.807, 2.05) is 38.1 Å². The number of hydrogen-bond donors (Lipinski definition) is 2. The summed E-state index contributed by atoms with van der Waals surface area (Å²) in [5.41, 5.74) is 1.54. The summed E-state index contributed by atoms with van der Waals surface area (Å²) in [7, 11) is 0. The molecule has 0 saturated heterocycles. The summed E-state index contributed by atoms with van der Waals surface area (Å²) in [6.45, 7) is 3.98.